The Balaban J connectivity index is 1.48. The van der Waals surface area contributed by atoms with E-state index in [4.69, 9.17) is 4.98 Å². The van der Waals surface area contributed by atoms with Gasteiger partial charge in [-0.3, -0.25) is 4.79 Å². The number of thiophene rings is 1. The number of aryl methyl sites for hydroxylation is 1. The number of aromatic amines is 1. The van der Waals surface area contributed by atoms with Gasteiger partial charge in [0.25, 0.3) is 5.56 Å². The van der Waals surface area contributed by atoms with Gasteiger partial charge in [-0.2, -0.15) is 0 Å². The molecule has 2 saturated carbocycles. The maximum atomic E-state index is 12.7. The fourth-order valence-electron chi connectivity index (χ4n) is 4.73. The van der Waals surface area contributed by atoms with Crippen LogP contribution in [-0.2, 0) is 18.4 Å². The molecule has 4 nitrogen and oxygen atoms in total. The van der Waals surface area contributed by atoms with E-state index < -0.39 is 0 Å². The van der Waals surface area contributed by atoms with Gasteiger partial charge in [0.05, 0.1) is 16.7 Å². The van der Waals surface area contributed by atoms with Gasteiger partial charge in [-0.25, -0.2) is 4.98 Å². The van der Waals surface area contributed by atoms with E-state index in [9.17, 15) is 4.79 Å². The smallest absolute Gasteiger partial charge is 0.255 e. The summed E-state index contributed by atoms with van der Waals surface area (Å²) in [4.78, 5) is 22.2. The van der Waals surface area contributed by atoms with Crippen LogP contribution in [0, 0.1) is 0 Å². The van der Waals surface area contributed by atoms with Crippen LogP contribution < -0.4 is 10.9 Å². The first kappa shape index (κ1) is 16.7. The molecule has 2 aromatic heterocycles. The monoisotopic (exact) mass is 369 g/mol. The highest BCUT2D eigenvalue weighted by Gasteiger charge is 2.50. The molecule has 0 amide bonds. The van der Waals surface area contributed by atoms with Crippen LogP contribution in [0.25, 0.3) is 0 Å². The molecule has 0 saturated heterocycles. The van der Waals surface area contributed by atoms with Crippen molar-refractivity contribution in [2.24, 2.45) is 0 Å². The summed E-state index contributed by atoms with van der Waals surface area (Å²) in [6.45, 7) is 1.61. The van der Waals surface area contributed by atoms with Gasteiger partial charge in [0, 0.05) is 11.4 Å². The van der Waals surface area contributed by atoms with E-state index in [1.807, 2.05) is 11.3 Å². The summed E-state index contributed by atoms with van der Waals surface area (Å²) in [5, 5.41) is 5.70. The van der Waals surface area contributed by atoms with Crippen LogP contribution in [0.2, 0.25) is 0 Å². The van der Waals surface area contributed by atoms with E-state index in [1.54, 1.807) is 0 Å². The average molecular weight is 370 g/mol. The van der Waals surface area contributed by atoms with E-state index in [2.05, 4.69) is 21.7 Å². The molecule has 0 spiro atoms. The van der Waals surface area contributed by atoms with Gasteiger partial charge in [0.1, 0.15) is 5.82 Å². The third-order valence-electron chi connectivity index (χ3n) is 6.54. The van der Waals surface area contributed by atoms with Crippen molar-refractivity contribution in [3.05, 3.63) is 49.3 Å². The quantitative estimate of drug-likeness (QED) is 0.860. The van der Waals surface area contributed by atoms with Crippen molar-refractivity contribution >= 4 is 11.3 Å². The first-order valence-electron chi connectivity index (χ1n) is 10.2. The van der Waals surface area contributed by atoms with Crippen molar-refractivity contribution < 1.29 is 0 Å². The molecule has 0 unspecified atom stereocenters. The lowest BCUT2D eigenvalue weighted by Crippen LogP contribution is -2.26. The van der Waals surface area contributed by atoms with Crippen molar-refractivity contribution in [1.82, 2.24) is 15.3 Å². The van der Waals surface area contributed by atoms with E-state index in [0.717, 1.165) is 55.2 Å². The molecule has 2 aliphatic carbocycles. The SMILES string of the molecule is O=c1[nH]c(C2(c3cc(C4CCCCC4)cs3)CC2)nc2c1CNCCC2. The normalized spacial score (nSPS) is 22.6. The van der Waals surface area contributed by atoms with Crippen LogP contribution in [0.4, 0.5) is 0 Å². The maximum Gasteiger partial charge on any atom is 0.255 e. The zero-order valence-electron chi connectivity index (χ0n) is 15.3. The van der Waals surface area contributed by atoms with Crippen LogP contribution in [0.3, 0.4) is 0 Å². The number of rotatable bonds is 3. The van der Waals surface area contributed by atoms with E-state index in [-0.39, 0.29) is 11.0 Å². The molecule has 2 N–H and O–H groups in total. The second kappa shape index (κ2) is 6.61. The molecule has 3 aliphatic rings. The largest absolute Gasteiger partial charge is 0.312 e. The number of aromatic nitrogens is 2. The Morgan fingerprint density at radius 2 is 2.00 bits per heavy atom. The second-order valence-electron chi connectivity index (χ2n) is 8.28. The third-order valence-corrected chi connectivity index (χ3v) is 7.69. The van der Waals surface area contributed by atoms with Gasteiger partial charge in [-0.05, 0) is 68.0 Å². The lowest BCUT2D eigenvalue weighted by Gasteiger charge is -2.20. The Morgan fingerprint density at radius 3 is 2.81 bits per heavy atom. The predicted molar refractivity (Wildman–Crippen MR) is 105 cm³/mol. The Hall–Kier alpha value is -1.46. The molecule has 0 radical (unpaired) electrons. The van der Waals surface area contributed by atoms with Gasteiger partial charge in [0.15, 0.2) is 0 Å². The summed E-state index contributed by atoms with van der Waals surface area (Å²) in [6, 6.07) is 2.43. The average Bonchev–Trinajstić information content (AvgIpc) is 3.39. The molecule has 3 heterocycles. The van der Waals surface area contributed by atoms with Gasteiger partial charge in [-0.1, -0.05) is 19.3 Å². The summed E-state index contributed by atoms with van der Waals surface area (Å²) in [5.41, 5.74) is 3.43. The minimum absolute atomic E-state index is 0.0223. The molecule has 5 heteroatoms. The van der Waals surface area contributed by atoms with E-state index in [1.165, 1.54) is 42.5 Å². The van der Waals surface area contributed by atoms with Crippen LogP contribution in [-0.4, -0.2) is 16.5 Å². The van der Waals surface area contributed by atoms with Crippen LogP contribution >= 0.6 is 11.3 Å². The van der Waals surface area contributed by atoms with E-state index in [0.29, 0.717) is 6.54 Å². The van der Waals surface area contributed by atoms with Crippen molar-refractivity contribution in [1.29, 1.82) is 0 Å². The predicted octanol–water partition coefficient (Wildman–Crippen LogP) is 3.99. The molecule has 2 aromatic rings. The van der Waals surface area contributed by atoms with Gasteiger partial charge in [0.2, 0.25) is 0 Å². The minimum Gasteiger partial charge on any atom is -0.312 e. The summed E-state index contributed by atoms with van der Waals surface area (Å²) in [7, 11) is 0. The number of hydrogen-bond acceptors (Lipinski definition) is 4. The summed E-state index contributed by atoms with van der Waals surface area (Å²) < 4.78 is 0. The lowest BCUT2D eigenvalue weighted by molar-refractivity contribution is 0.444. The van der Waals surface area contributed by atoms with Gasteiger partial charge < -0.3 is 10.3 Å². The first-order valence-corrected chi connectivity index (χ1v) is 11.1. The molecule has 0 atom stereocenters. The van der Waals surface area contributed by atoms with Crippen LogP contribution in [0.5, 0.6) is 0 Å². The van der Waals surface area contributed by atoms with E-state index >= 15 is 0 Å². The number of H-pyrrole nitrogens is 1. The fourth-order valence-corrected chi connectivity index (χ4v) is 5.99. The number of hydrogen-bond donors (Lipinski definition) is 2. The highest BCUT2D eigenvalue weighted by molar-refractivity contribution is 7.10. The standard InChI is InChI=1S/C21H27N3OS/c25-19-16-12-22-10-4-7-17(16)23-20(24-19)21(8-9-21)18-11-15(13-26-18)14-5-2-1-3-6-14/h11,13-14,22H,1-10,12H2,(H,23,24,25). The molecular weight excluding hydrogens is 342 g/mol. The summed E-state index contributed by atoms with van der Waals surface area (Å²) in [5.74, 6) is 1.66. The summed E-state index contributed by atoms with van der Waals surface area (Å²) >= 11 is 1.88. The molecule has 5 rings (SSSR count). The van der Waals surface area contributed by atoms with Crippen LogP contribution in [0.15, 0.2) is 16.2 Å². The molecular formula is C21H27N3OS. The zero-order valence-corrected chi connectivity index (χ0v) is 16.1. The topological polar surface area (TPSA) is 57.8 Å². The molecule has 138 valence electrons. The van der Waals surface area contributed by atoms with Crippen molar-refractivity contribution in [3.8, 4) is 0 Å². The summed E-state index contributed by atoms with van der Waals surface area (Å²) in [6.07, 6.45) is 11.0. The molecule has 2 fully saturated rings. The third kappa shape index (κ3) is 2.85. The Morgan fingerprint density at radius 1 is 1.15 bits per heavy atom. The van der Waals surface area contributed by atoms with Crippen molar-refractivity contribution in [2.75, 3.05) is 6.54 Å². The highest BCUT2D eigenvalue weighted by Crippen LogP contribution is 2.54. The molecule has 1 aliphatic heterocycles. The Kier molecular flexibility index (Phi) is 4.24. The van der Waals surface area contributed by atoms with Crippen molar-refractivity contribution in [3.63, 3.8) is 0 Å². The minimum atomic E-state index is -0.0223. The lowest BCUT2D eigenvalue weighted by atomic mass is 9.85. The molecule has 0 bridgehead atoms. The number of fused-ring (bicyclic) bond motifs is 1. The first-order chi connectivity index (χ1) is 12.8. The number of nitrogens with zero attached hydrogens (tertiary/aromatic N) is 1. The second-order valence-corrected chi connectivity index (χ2v) is 9.19. The fraction of sp³-hybridized carbons (Fsp3) is 0.619. The number of nitrogens with one attached hydrogen (secondary N) is 2. The van der Waals surface area contributed by atoms with Gasteiger partial charge in [-0.15, -0.1) is 11.3 Å². The molecule has 26 heavy (non-hydrogen) atoms. The Labute approximate surface area is 158 Å². The van der Waals surface area contributed by atoms with Gasteiger partial charge >= 0.3 is 0 Å². The maximum absolute atomic E-state index is 12.7. The van der Waals surface area contributed by atoms with Crippen LogP contribution in [0.1, 0.15) is 84.8 Å². The zero-order chi connectivity index (χ0) is 17.6. The molecule has 0 aromatic carbocycles. The Bertz CT molecular complexity index is 858. The highest BCUT2D eigenvalue weighted by atomic mass is 32.1. The van der Waals surface area contributed by atoms with Crippen molar-refractivity contribution in [2.45, 2.75) is 75.7 Å².